The minimum atomic E-state index is -0.283. The van der Waals surface area contributed by atoms with E-state index >= 15 is 0 Å². The summed E-state index contributed by atoms with van der Waals surface area (Å²) in [6.45, 7) is 0.718. The number of aryl methyl sites for hydroxylation is 2. The Morgan fingerprint density at radius 3 is 2.96 bits per heavy atom. The number of hydrogen-bond acceptors (Lipinski definition) is 5. The number of hydrogen-bond donors (Lipinski definition) is 1. The topological polar surface area (TPSA) is 86.9 Å². The molecule has 134 valence electrons. The van der Waals surface area contributed by atoms with E-state index in [1.165, 1.54) is 0 Å². The number of nitrogens with one attached hydrogen (secondary N) is 1. The average Bonchev–Trinajstić information content (AvgIpc) is 3.26. The van der Waals surface area contributed by atoms with Crippen molar-refractivity contribution < 1.29 is 9.53 Å². The third kappa shape index (κ3) is 3.44. The minimum Gasteiger partial charge on any atom is -0.484 e. The van der Waals surface area contributed by atoms with Gasteiger partial charge in [0, 0.05) is 31.3 Å². The first-order valence-electron chi connectivity index (χ1n) is 8.60. The van der Waals surface area contributed by atoms with Crippen LogP contribution in [0.5, 0.6) is 5.75 Å². The summed E-state index contributed by atoms with van der Waals surface area (Å²) in [5.74, 6) is 1.70. The molecule has 0 saturated heterocycles. The van der Waals surface area contributed by atoms with Gasteiger partial charge in [0.05, 0.1) is 6.20 Å². The van der Waals surface area contributed by atoms with Gasteiger partial charge >= 0.3 is 0 Å². The molecule has 0 bridgehead atoms. The molecule has 1 amide bonds. The van der Waals surface area contributed by atoms with Crippen LogP contribution in [0.2, 0.25) is 0 Å². The number of carbonyl (C=O) groups is 1. The Balaban J connectivity index is 1.44. The summed E-state index contributed by atoms with van der Waals surface area (Å²) in [4.78, 5) is 16.7. The Kier molecular flexibility index (Phi) is 4.39. The number of fused-ring (bicyclic) bond motifs is 1. The number of carbonyl (C=O) groups excluding carboxylic acids is 1. The lowest BCUT2D eigenvalue weighted by Gasteiger charge is -2.20. The molecule has 0 radical (unpaired) electrons. The Bertz CT molecular complexity index is 902. The van der Waals surface area contributed by atoms with Gasteiger partial charge in [-0.2, -0.15) is 10.1 Å². The van der Waals surface area contributed by atoms with Gasteiger partial charge in [0.15, 0.2) is 6.61 Å². The number of para-hydroxylation sites is 1. The molecule has 0 saturated carbocycles. The van der Waals surface area contributed by atoms with Crippen molar-refractivity contribution in [2.75, 3.05) is 11.9 Å². The van der Waals surface area contributed by atoms with Crippen molar-refractivity contribution in [2.24, 2.45) is 7.05 Å². The number of amides is 1. The monoisotopic (exact) mass is 352 g/mol. The molecule has 26 heavy (non-hydrogen) atoms. The van der Waals surface area contributed by atoms with Crippen LogP contribution in [0.1, 0.15) is 30.1 Å². The highest BCUT2D eigenvalue weighted by Crippen LogP contribution is 2.32. The zero-order valence-electron chi connectivity index (χ0n) is 14.5. The van der Waals surface area contributed by atoms with Crippen molar-refractivity contribution in [2.45, 2.75) is 25.3 Å². The van der Waals surface area contributed by atoms with E-state index in [1.807, 2.05) is 42.3 Å². The van der Waals surface area contributed by atoms with E-state index in [-0.39, 0.29) is 18.4 Å². The zero-order chi connectivity index (χ0) is 17.9. The molecule has 3 aromatic rings. The van der Waals surface area contributed by atoms with Gasteiger partial charge < -0.3 is 4.74 Å². The molecule has 1 atom stereocenters. The molecule has 8 nitrogen and oxygen atoms in total. The lowest BCUT2D eigenvalue weighted by atomic mass is 9.94. The SMILES string of the molecule is Cn1cc(C2CCCn3nc(NC(=O)COc4ccccc4)nc32)cn1. The number of ether oxygens (including phenoxy) is 1. The number of anilines is 1. The van der Waals surface area contributed by atoms with Crippen molar-refractivity contribution in [1.29, 1.82) is 0 Å². The van der Waals surface area contributed by atoms with Crippen LogP contribution in [0.15, 0.2) is 42.7 Å². The van der Waals surface area contributed by atoms with Crippen LogP contribution in [-0.4, -0.2) is 37.1 Å². The summed E-state index contributed by atoms with van der Waals surface area (Å²) in [5.41, 5.74) is 1.12. The van der Waals surface area contributed by atoms with Crippen LogP contribution in [-0.2, 0) is 18.4 Å². The summed E-state index contributed by atoms with van der Waals surface area (Å²) in [6, 6.07) is 9.22. The predicted octanol–water partition coefficient (Wildman–Crippen LogP) is 1.95. The predicted molar refractivity (Wildman–Crippen MR) is 94.9 cm³/mol. The third-order valence-corrected chi connectivity index (χ3v) is 4.37. The van der Waals surface area contributed by atoms with E-state index < -0.39 is 0 Å². The normalized spacial score (nSPS) is 16.1. The molecule has 1 N–H and O–H groups in total. The maximum Gasteiger partial charge on any atom is 0.264 e. The van der Waals surface area contributed by atoms with Crippen molar-refractivity contribution in [3.05, 3.63) is 54.1 Å². The fourth-order valence-corrected chi connectivity index (χ4v) is 3.17. The van der Waals surface area contributed by atoms with Gasteiger partial charge in [0.1, 0.15) is 11.6 Å². The van der Waals surface area contributed by atoms with Crippen LogP contribution < -0.4 is 10.1 Å². The molecule has 1 unspecified atom stereocenters. The molecule has 0 fully saturated rings. The van der Waals surface area contributed by atoms with Gasteiger partial charge in [-0.1, -0.05) is 18.2 Å². The van der Waals surface area contributed by atoms with Crippen LogP contribution in [0, 0.1) is 0 Å². The van der Waals surface area contributed by atoms with Crippen LogP contribution in [0.25, 0.3) is 0 Å². The molecule has 1 aromatic carbocycles. The number of nitrogens with zero attached hydrogens (tertiary/aromatic N) is 5. The first-order valence-corrected chi connectivity index (χ1v) is 8.60. The maximum absolute atomic E-state index is 12.1. The maximum atomic E-state index is 12.1. The van der Waals surface area contributed by atoms with E-state index in [0.29, 0.717) is 11.7 Å². The van der Waals surface area contributed by atoms with Gasteiger partial charge in [-0.3, -0.25) is 14.8 Å². The van der Waals surface area contributed by atoms with Crippen molar-refractivity contribution in [3.8, 4) is 5.75 Å². The first kappa shape index (κ1) is 16.3. The second kappa shape index (κ2) is 6.99. The van der Waals surface area contributed by atoms with Crippen LogP contribution in [0.3, 0.4) is 0 Å². The molecule has 2 aromatic heterocycles. The zero-order valence-corrected chi connectivity index (χ0v) is 14.5. The highest BCUT2D eigenvalue weighted by molar-refractivity contribution is 5.90. The summed E-state index contributed by atoms with van der Waals surface area (Å²) in [7, 11) is 1.90. The van der Waals surface area contributed by atoms with E-state index in [4.69, 9.17) is 4.74 Å². The molecule has 0 spiro atoms. The fourth-order valence-electron chi connectivity index (χ4n) is 3.17. The smallest absolute Gasteiger partial charge is 0.264 e. The Hall–Kier alpha value is -3.16. The minimum absolute atomic E-state index is 0.0834. The van der Waals surface area contributed by atoms with Crippen molar-refractivity contribution >= 4 is 11.9 Å². The lowest BCUT2D eigenvalue weighted by molar-refractivity contribution is -0.118. The van der Waals surface area contributed by atoms with Gasteiger partial charge in [0.25, 0.3) is 5.91 Å². The molecule has 1 aliphatic rings. The largest absolute Gasteiger partial charge is 0.484 e. The van der Waals surface area contributed by atoms with E-state index in [0.717, 1.165) is 30.8 Å². The highest BCUT2D eigenvalue weighted by Gasteiger charge is 2.27. The second-order valence-electron chi connectivity index (χ2n) is 6.31. The summed E-state index contributed by atoms with van der Waals surface area (Å²) < 4.78 is 9.11. The highest BCUT2D eigenvalue weighted by atomic mass is 16.5. The molecule has 4 rings (SSSR count). The second-order valence-corrected chi connectivity index (χ2v) is 6.31. The lowest BCUT2D eigenvalue weighted by Crippen LogP contribution is -2.21. The van der Waals surface area contributed by atoms with Gasteiger partial charge in [0.2, 0.25) is 5.95 Å². The Morgan fingerprint density at radius 1 is 1.35 bits per heavy atom. The average molecular weight is 352 g/mol. The fraction of sp³-hybridized carbons (Fsp3) is 0.333. The summed E-state index contributed by atoms with van der Waals surface area (Å²) >= 11 is 0. The summed E-state index contributed by atoms with van der Waals surface area (Å²) in [5, 5.41) is 11.4. The molecular formula is C18H20N6O2. The Morgan fingerprint density at radius 2 is 2.19 bits per heavy atom. The van der Waals surface area contributed by atoms with Gasteiger partial charge in [-0.15, -0.1) is 5.10 Å². The van der Waals surface area contributed by atoms with Crippen molar-refractivity contribution in [3.63, 3.8) is 0 Å². The number of rotatable bonds is 5. The van der Waals surface area contributed by atoms with E-state index in [9.17, 15) is 4.79 Å². The van der Waals surface area contributed by atoms with Gasteiger partial charge in [-0.25, -0.2) is 4.68 Å². The third-order valence-electron chi connectivity index (χ3n) is 4.37. The molecule has 8 heteroatoms. The molecule has 0 aliphatic carbocycles. The molecule has 3 heterocycles. The van der Waals surface area contributed by atoms with E-state index in [2.05, 4.69) is 20.5 Å². The Labute approximate surface area is 150 Å². The van der Waals surface area contributed by atoms with E-state index in [1.54, 1.807) is 16.8 Å². The molecular weight excluding hydrogens is 332 g/mol. The standard InChI is InChI=1S/C18H20N6O2/c1-23-11-13(10-19-23)15-8-5-9-24-17(15)21-18(22-24)20-16(25)12-26-14-6-3-2-4-7-14/h2-4,6-7,10-11,15H,5,8-9,12H2,1H3,(H,20,22,25). The van der Waals surface area contributed by atoms with Gasteiger partial charge in [-0.05, 0) is 25.0 Å². The summed E-state index contributed by atoms with van der Waals surface area (Å²) in [6.07, 6.45) is 5.87. The molecule has 1 aliphatic heterocycles. The van der Waals surface area contributed by atoms with Crippen molar-refractivity contribution in [1.82, 2.24) is 24.5 Å². The quantitative estimate of drug-likeness (QED) is 0.758. The van der Waals surface area contributed by atoms with Crippen LogP contribution >= 0.6 is 0 Å². The van der Waals surface area contributed by atoms with Crippen LogP contribution in [0.4, 0.5) is 5.95 Å². The number of benzene rings is 1. The number of aromatic nitrogens is 5. The first-order chi connectivity index (χ1) is 12.7.